The Balaban J connectivity index is 1.27. The molecule has 0 N–H and O–H groups in total. The maximum Gasteiger partial charge on any atom is 0.410 e. The van der Waals surface area contributed by atoms with Crippen molar-refractivity contribution in [1.29, 1.82) is 0 Å². The number of anilines is 1. The number of piperidine rings is 1. The first-order chi connectivity index (χ1) is 18.9. The standard InChI is InChI=1S/C28H35BrClF2N5O3/c1-27(2,3)40-26(38)36-11-16-5-8-35(12-17(16)13-36)24-19-9-20(30)21(29)22(32)23(19)33-25(34-24)39-15-28-6-4-7-37(28)14-18(31)10-28/h9,16-18H,4-8,10-15H2,1-3H3/t16?,17?,18-,28+/m1/s1. The van der Waals surface area contributed by atoms with Crippen molar-refractivity contribution in [2.75, 3.05) is 50.8 Å². The number of carbonyl (C=O) groups excluding carboxylic acids is 1. The summed E-state index contributed by atoms with van der Waals surface area (Å²) in [6, 6.07) is 1.75. The minimum atomic E-state index is -0.875. The van der Waals surface area contributed by atoms with Gasteiger partial charge in [-0.1, -0.05) is 11.6 Å². The molecule has 2 unspecified atom stereocenters. The molecule has 0 saturated carbocycles. The van der Waals surface area contributed by atoms with Gasteiger partial charge >= 0.3 is 12.1 Å². The second-order valence-corrected chi connectivity index (χ2v) is 13.9. The third-order valence-corrected chi connectivity index (χ3v) is 10.1. The van der Waals surface area contributed by atoms with Crippen molar-refractivity contribution in [3.05, 3.63) is 21.4 Å². The van der Waals surface area contributed by atoms with Crippen LogP contribution in [0.1, 0.15) is 46.5 Å². The summed E-state index contributed by atoms with van der Waals surface area (Å²) in [7, 11) is 0. The molecule has 4 aliphatic rings. The molecule has 4 atom stereocenters. The number of benzene rings is 1. The van der Waals surface area contributed by atoms with Gasteiger partial charge in [-0.2, -0.15) is 9.97 Å². The highest BCUT2D eigenvalue weighted by molar-refractivity contribution is 9.10. The lowest BCUT2D eigenvalue weighted by Crippen LogP contribution is -2.43. The topological polar surface area (TPSA) is 71.0 Å². The quantitative estimate of drug-likeness (QED) is 0.389. The first-order valence-corrected chi connectivity index (χ1v) is 15.2. The monoisotopic (exact) mass is 641 g/mol. The third kappa shape index (κ3) is 5.22. The molecule has 12 heteroatoms. The van der Waals surface area contributed by atoms with E-state index in [1.165, 1.54) is 0 Å². The van der Waals surface area contributed by atoms with Crippen LogP contribution in [0.25, 0.3) is 10.9 Å². The maximum absolute atomic E-state index is 15.5. The van der Waals surface area contributed by atoms with E-state index in [2.05, 4.69) is 30.7 Å². The lowest BCUT2D eigenvalue weighted by molar-refractivity contribution is 0.0285. The molecule has 5 heterocycles. The van der Waals surface area contributed by atoms with Crippen LogP contribution < -0.4 is 9.64 Å². The lowest BCUT2D eigenvalue weighted by Gasteiger charge is -2.35. The number of aromatic nitrogens is 2. The molecule has 8 nitrogen and oxygen atoms in total. The second-order valence-electron chi connectivity index (χ2n) is 12.7. The fraction of sp³-hybridized carbons (Fsp3) is 0.679. The van der Waals surface area contributed by atoms with Crippen LogP contribution in [0.2, 0.25) is 5.02 Å². The largest absolute Gasteiger partial charge is 0.461 e. The van der Waals surface area contributed by atoms with E-state index in [1.807, 2.05) is 20.8 Å². The van der Waals surface area contributed by atoms with Gasteiger partial charge < -0.3 is 19.3 Å². The second kappa shape index (κ2) is 10.4. The van der Waals surface area contributed by atoms with Crippen LogP contribution in [0.5, 0.6) is 6.01 Å². The first kappa shape index (κ1) is 28.2. The van der Waals surface area contributed by atoms with Gasteiger partial charge in [0, 0.05) is 44.5 Å². The Kier molecular flexibility index (Phi) is 7.31. The summed E-state index contributed by atoms with van der Waals surface area (Å²) >= 11 is 9.61. The van der Waals surface area contributed by atoms with E-state index in [0.29, 0.717) is 56.3 Å². The van der Waals surface area contributed by atoms with Crippen molar-refractivity contribution in [2.45, 2.75) is 63.8 Å². The minimum absolute atomic E-state index is 0.0723. The van der Waals surface area contributed by atoms with E-state index < -0.39 is 17.6 Å². The van der Waals surface area contributed by atoms with E-state index in [4.69, 9.17) is 26.1 Å². The zero-order valence-corrected chi connectivity index (χ0v) is 25.4. The van der Waals surface area contributed by atoms with Crippen molar-refractivity contribution >= 4 is 50.3 Å². The zero-order valence-electron chi connectivity index (χ0n) is 23.1. The Morgan fingerprint density at radius 1 is 1.20 bits per heavy atom. The lowest BCUT2D eigenvalue weighted by atomic mass is 9.88. The molecule has 1 aromatic carbocycles. The number of halogens is 4. The van der Waals surface area contributed by atoms with Gasteiger partial charge in [0.25, 0.3) is 0 Å². The van der Waals surface area contributed by atoms with Crippen molar-refractivity contribution in [2.24, 2.45) is 11.8 Å². The highest BCUT2D eigenvalue weighted by Crippen LogP contribution is 2.42. The van der Waals surface area contributed by atoms with Crippen molar-refractivity contribution in [3.8, 4) is 6.01 Å². The number of amides is 1. The first-order valence-electron chi connectivity index (χ1n) is 14.0. The molecule has 1 aromatic heterocycles. The Labute approximate surface area is 246 Å². The fourth-order valence-corrected chi connectivity index (χ4v) is 7.42. The van der Waals surface area contributed by atoms with Crippen molar-refractivity contribution < 1.29 is 23.0 Å². The van der Waals surface area contributed by atoms with Crippen LogP contribution in [0.15, 0.2) is 10.5 Å². The van der Waals surface area contributed by atoms with Crippen LogP contribution in [0.3, 0.4) is 0 Å². The summed E-state index contributed by atoms with van der Waals surface area (Å²) in [5, 5.41) is 0.736. The highest BCUT2D eigenvalue weighted by Gasteiger charge is 2.49. The summed E-state index contributed by atoms with van der Waals surface area (Å²) in [6.07, 6.45) is 1.96. The normalized spacial score (nSPS) is 28.7. The Morgan fingerprint density at radius 2 is 1.98 bits per heavy atom. The molecule has 0 spiro atoms. The molecular formula is C28H35BrClF2N5O3. The number of hydrogen-bond acceptors (Lipinski definition) is 7. The molecule has 4 fully saturated rings. The molecule has 0 aliphatic carbocycles. The van der Waals surface area contributed by atoms with Crippen molar-refractivity contribution in [3.63, 3.8) is 0 Å². The fourth-order valence-electron chi connectivity index (χ4n) is 6.93. The third-order valence-electron chi connectivity index (χ3n) is 8.77. The molecular weight excluding hydrogens is 608 g/mol. The number of fused-ring (bicyclic) bond motifs is 3. The number of rotatable bonds is 4. The molecule has 2 aromatic rings. The van der Waals surface area contributed by atoms with E-state index in [9.17, 15) is 9.18 Å². The zero-order chi connectivity index (χ0) is 28.4. The number of nitrogens with zero attached hydrogens (tertiary/aromatic N) is 5. The molecule has 40 heavy (non-hydrogen) atoms. The van der Waals surface area contributed by atoms with Gasteiger partial charge in [-0.3, -0.25) is 4.90 Å². The molecule has 0 radical (unpaired) electrons. The summed E-state index contributed by atoms with van der Waals surface area (Å²) in [5.74, 6) is 0.550. The molecule has 218 valence electrons. The smallest absolute Gasteiger partial charge is 0.410 e. The number of carbonyl (C=O) groups is 1. The van der Waals surface area contributed by atoms with Gasteiger partial charge in [0.1, 0.15) is 29.7 Å². The van der Waals surface area contributed by atoms with Crippen molar-refractivity contribution in [1.82, 2.24) is 19.8 Å². The van der Waals surface area contributed by atoms with Crippen LogP contribution >= 0.6 is 27.5 Å². The average Bonchev–Trinajstić information content (AvgIpc) is 3.56. The summed E-state index contributed by atoms with van der Waals surface area (Å²) in [5.41, 5.74) is -0.802. The van der Waals surface area contributed by atoms with Crippen LogP contribution in [0, 0.1) is 17.7 Å². The Morgan fingerprint density at radius 3 is 2.75 bits per heavy atom. The van der Waals surface area contributed by atoms with E-state index in [-0.39, 0.29) is 45.2 Å². The maximum atomic E-state index is 15.5. The van der Waals surface area contributed by atoms with Crippen LogP contribution in [-0.2, 0) is 4.74 Å². The number of likely N-dealkylation sites (tertiary alicyclic amines) is 1. The molecule has 1 amide bonds. The molecule has 0 bridgehead atoms. The summed E-state index contributed by atoms with van der Waals surface area (Å²) in [4.78, 5) is 28.0. The Bertz CT molecular complexity index is 1330. The molecule has 6 rings (SSSR count). The van der Waals surface area contributed by atoms with Gasteiger partial charge in [-0.25, -0.2) is 13.6 Å². The Hall–Kier alpha value is -1.98. The van der Waals surface area contributed by atoms with Crippen LogP contribution in [0.4, 0.5) is 19.4 Å². The molecule has 4 aliphatic heterocycles. The minimum Gasteiger partial charge on any atom is -0.461 e. The van der Waals surface area contributed by atoms with Gasteiger partial charge in [0.2, 0.25) is 0 Å². The number of ether oxygens (including phenoxy) is 2. The van der Waals surface area contributed by atoms with E-state index >= 15 is 4.39 Å². The number of hydrogen-bond donors (Lipinski definition) is 0. The predicted molar refractivity (Wildman–Crippen MR) is 152 cm³/mol. The number of alkyl halides is 1. The molecule has 4 saturated heterocycles. The van der Waals surface area contributed by atoms with Gasteiger partial charge in [-0.05, 0) is 80.4 Å². The summed E-state index contributed by atoms with van der Waals surface area (Å²) < 4.78 is 41.7. The van der Waals surface area contributed by atoms with Gasteiger partial charge in [0.05, 0.1) is 15.0 Å². The van der Waals surface area contributed by atoms with E-state index in [0.717, 1.165) is 25.8 Å². The van der Waals surface area contributed by atoms with E-state index in [1.54, 1.807) is 11.0 Å². The summed E-state index contributed by atoms with van der Waals surface area (Å²) in [6.45, 7) is 9.70. The van der Waals surface area contributed by atoms with Gasteiger partial charge in [-0.15, -0.1) is 0 Å². The van der Waals surface area contributed by atoms with Gasteiger partial charge in [0.15, 0.2) is 5.82 Å². The average molecular weight is 643 g/mol. The predicted octanol–water partition coefficient (Wildman–Crippen LogP) is 5.83. The van der Waals surface area contributed by atoms with Crippen LogP contribution in [-0.4, -0.2) is 89.0 Å². The highest BCUT2D eigenvalue weighted by atomic mass is 79.9. The SMILES string of the molecule is CC(C)(C)OC(=O)N1CC2CCN(c3nc(OC[C@@]45CCCN4C[C@H](F)C5)nc4c(F)c(Br)c(Cl)cc34)CC2C1.